The van der Waals surface area contributed by atoms with Crippen LogP contribution in [0.1, 0.15) is 26.3 Å². The molecule has 0 spiro atoms. The molecule has 8 heteroatoms. The highest BCUT2D eigenvalue weighted by Gasteiger charge is 2.17. The van der Waals surface area contributed by atoms with Crippen LogP contribution in [-0.2, 0) is 6.54 Å². The Labute approximate surface area is 145 Å². The van der Waals surface area contributed by atoms with Crippen molar-refractivity contribution in [1.29, 1.82) is 0 Å². The highest BCUT2D eigenvalue weighted by molar-refractivity contribution is 6.01. The van der Waals surface area contributed by atoms with Crippen LogP contribution in [0, 0.1) is 11.6 Å². The number of carbonyl (C=O) groups excluding carboxylic acids is 2. The fraction of sp³-hybridized carbons (Fsp3) is 0.0556. The van der Waals surface area contributed by atoms with Crippen molar-refractivity contribution >= 4 is 23.1 Å². The van der Waals surface area contributed by atoms with Crippen LogP contribution < -0.4 is 10.9 Å². The SMILES string of the molecule is O=Cc1cccc2cc(C(=O)NCc3ccc(F)c(F)c3)c(=O)n(O)c12. The van der Waals surface area contributed by atoms with Gasteiger partial charge in [0.05, 0.1) is 0 Å². The van der Waals surface area contributed by atoms with Crippen LogP contribution >= 0.6 is 0 Å². The molecule has 0 aliphatic rings. The van der Waals surface area contributed by atoms with E-state index in [0.717, 1.165) is 12.1 Å². The van der Waals surface area contributed by atoms with Gasteiger partial charge in [0, 0.05) is 17.5 Å². The number of aromatic nitrogens is 1. The molecular formula is C18H12F2N2O4. The predicted molar refractivity (Wildman–Crippen MR) is 88.3 cm³/mol. The van der Waals surface area contributed by atoms with Crippen LogP contribution in [0.25, 0.3) is 10.9 Å². The fourth-order valence-corrected chi connectivity index (χ4v) is 2.56. The first-order valence-electron chi connectivity index (χ1n) is 7.47. The smallest absolute Gasteiger partial charge is 0.296 e. The molecule has 26 heavy (non-hydrogen) atoms. The summed E-state index contributed by atoms with van der Waals surface area (Å²) in [5.41, 5.74) is -0.980. The van der Waals surface area contributed by atoms with E-state index in [1.165, 1.54) is 24.3 Å². The molecule has 3 rings (SSSR count). The van der Waals surface area contributed by atoms with Crippen LogP contribution in [0.15, 0.2) is 47.3 Å². The van der Waals surface area contributed by atoms with E-state index in [2.05, 4.69) is 5.32 Å². The third kappa shape index (κ3) is 3.04. The number of nitrogens with zero attached hydrogens (tertiary/aromatic N) is 1. The first-order chi connectivity index (χ1) is 12.4. The average Bonchev–Trinajstić information content (AvgIpc) is 2.64. The Bertz CT molecular complexity index is 1090. The molecule has 6 nitrogen and oxygen atoms in total. The Balaban J connectivity index is 1.93. The van der Waals surface area contributed by atoms with Crippen LogP contribution in [0.2, 0.25) is 0 Å². The van der Waals surface area contributed by atoms with E-state index in [1.54, 1.807) is 6.07 Å². The summed E-state index contributed by atoms with van der Waals surface area (Å²) in [5.74, 6) is -2.87. The van der Waals surface area contributed by atoms with Gasteiger partial charge < -0.3 is 10.5 Å². The van der Waals surface area contributed by atoms with Gasteiger partial charge in [-0.25, -0.2) is 8.78 Å². The van der Waals surface area contributed by atoms with E-state index >= 15 is 0 Å². The highest BCUT2D eigenvalue weighted by atomic mass is 19.2. The first-order valence-corrected chi connectivity index (χ1v) is 7.47. The van der Waals surface area contributed by atoms with Crippen LogP contribution in [-0.4, -0.2) is 22.1 Å². The number of carbonyl (C=O) groups is 2. The van der Waals surface area contributed by atoms with Crippen molar-refractivity contribution in [3.63, 3.8) is 0 Å². The van der Waals surface area contributed by atoms with Gasteiger partial charge in [-0.15, -0.1) is 4.73 Å². The summed E-state index contributed by atoms with van der Waals surface area (Å²) in [4.78, 5) is 35.5. The molecule has 2 N–H and O–H groups in total. The molecule has 0 radical (unpaired) electrons. The van der Waals surface area contributed by atoms with Crippen molar-refractivity contribution in [1.82, 2.24) is 10.0 Å². The van der Waals surface area contributed by atoms with E-state index in [0.29, 0.717) is 17.2 Å². The maximum absolute atomic E-state index is 13.2. The second-order valence-corrected chi connectivity index (χ2v) is 5.51. The maximum atomic E-state index is 13.2. The van der Waals surface area contributed by atoms with Gasteiger partial charge in [-0.1, -0.05) is 18.2 Å². The molecule has 132 valence electrons. The number of hydrogen-bond donors (Lipinski definition) is 2. The maximum Gasteiger partial charge on any atom is 0.296 e. The quantitative estimate of drug-likeness (QED) is 0.553. The third-order valence-corrected chi connectivity index (χ3v) is 3.84. The Morgan fingerprint density at radius 3 is 2.62 bits per heavy atom. The Kier molecular flexibility index (Phi) is 4.49. The van der Waals surface area contributed by atoms with E-state index in [9.17, 15) is 28.4 Å². The average molecular weight is 358 g/mol. The number of halogens is 2. The molecule has 0 fully saturated rings. The van der Waals surface area contributed by atoms with Crippen molar-refractivity contribution in [2.75, 3.05) is 0 Å². The van der Waals surface area contributed by atoms with Gasteiger partial charge in [-0.05, 0) is 29.8 Å². The van der Waals surface area contributed by atoms with Crippen LogP contribution in [0.3, 0.4) is 0 Å². The lowest BCUT2D eigenvalue weighted by Crippen LogP contribution is -2.32. The van der Waals surface area contributed by atoms with E-state index in [1.807, 2.05) is 0 Å². The molecule has 2 aromatic carbocycles. The van der Waals surface area contributed by atoms with Crippen molar-refractivity contribution in [3.8, 4) is 0 Å². The summed E-state index contributed by atoms with van der Waals surface area (Å²) in [6.07, 6.45) is 0.483. The number of pyridine rings is 1. The fourth-order valence-electron chi connectivity index (χ4n) is 2.56. The molecule has 0 saturated carbocycles. The number of para-hydroxylation sites is 1. The zero-order valence-corrected chi connectivity index (χ0v) is 13.2. The molecular weight excluding hydrogens is 346 g/mol. The molecule has 0 aliphatic heterocycles. The molecule has 1 heterocycles. The molecule has 1 aromatic heterocycles. The van der Waals surface area contributed by atoms with E-state index in [-0.39, 0.29) is 27.9 Å². The molecule has 0 bridgehead atoms. The monoisotopic (exact) mass is 358 g/mol. The standard InChI is InChI=1S/C18H12F2N2O4/c19-14-5-4-10(6-15(14)20)8-21-17(24)13-7-11-2-1-3-12(9-23)16(11)22(26)18(13)25/h1-7,9,26H,8H2,(H,21,24). The van der Waals surface area contributed by atoms with Crippen LogP contribution in [0.4, 0.5) is 8.78 Å². The van der Waals surface area contributed by atoms with Crippen molar-refractivity contribution in [3.05, 3.63) is 81.1 Å². The lowest BCUT2D eigenvalue weighted by atomic mass is 10.1. The molecule has 0 unspecified atom stereocenters. The molecule has 3 aromatic rings. The molecule has 0 aliphatic carbocycles. The summed E-state index contributed by atoms with van der Waals surface area (Å²) in [5, 5.41) is 12.7. The summed E-state index contributed by atoms with van der Waals surface area (Å²) in [6, 6.07) is 8.88. The van der Waals surface area contributed by atoms with Gasteiger partial charge in [0.1, 0.15) is 11.1 Å². The Morgan fingerprint density at radius 1 is 1.15 bits per heavy atom. The molecule has 1 amide bonds. The van der Waals surface area contributed by atoms with Crippen molar-refractivity contribution in [2.24, 2.45) is 0 Å². The number of benzene rings is 2. The van der Waals surface area contributed by atoms with Crippen molar-refractivity contribution in [2.45, 2.75) is 6.54 Å². The first kappa shape index (κ1) is 17.3. The second kappa shape index (κ2) is 6.75. The highest BCUT2D eigenvalue weighted by Crippen LogP contribution is 2.16. The second-order valence-electron chi connectivity index (χ2n) is 5.51. The zero-order chi connectivity index (χ0) is 18.8. The van der Waals surface area contributed by atoms with Gasteiger partial charge in [0.2, 0.25) is 0 Å². The van der Waals surface area contributed by atoms with E-state index in [4.69, 9.17) is 0 Å². The normalized spacial score (nSPS) is 10.7. The number of nitrogens with one attached hydrogen (secondary N) is 1. The van der Waals surface area contributed by atoms with Gasteiger partial charge in [-0.2, -0.15) is 0 Å². The minimum Gasteiger partial charge on any atom is -0.425 e. The van der Waals surface area contributed by atoms with Crippen molar-refractivity contribution < 1.29 is 23.6 Å². The summed E-state index contributed by atoms with van der Waals surface area (Å²) >= 11 is 0. The Morgan fingerprint density at radius 2 is 1.92 bits per heavy atom. The number of hydrogen-bond acceptors (Lipinski definition) is 4. The summed E-state index contributed by atoms with van der Waals surface area (Å²) < 4.78 is 26.3. The lowest BCUT2D eigenvalue weighted by molar-refractivity contribution is 0.0943. The van der Waals surface area contributed by atoms with Gasteiger partial charge in [0.25, 0.3) is 11.5 Å². The predicted octanol–water partition coefficient (Wildman–Crippen LogP) is 2.26. The van der Waals surface area contributed by atoms with E-state index < -0.39 is 23.1 Å². The zero-order valence-electron chi connectivity index (χ0n) is 13.2. The van der Waals surface area contributed by atoms with Crippen LogP contribution in [0.5, 0.6) is 0 Å². The minimum atomic E-state index is -1.05. The molecule has 0 saturated heterocycles. The largest absolute Gasteiger partial charge is 0.425 e. The molecule has 0 atom stereocenters. The van der Waals surface area contributed by atoms with Gasteiger partial charge in [0.15, 0.2) is 17.9 Å². The third-order valence-electron chi connectivity index (χ3n) is 3.84. The number of rotatable bonds is 4. The number of aldehydes is 1. The summed E-state index contributed by atoms with van der Waals surface area (Å²) in [7, 11) is 0. The van der Waals surface area contributed by atoms with Gasteiger partial charge in [-0.3, -0.25) is 14.4 Å². The Hall–Kier alpha value is -3.55. The number of fused-ring (bicyclic) bond motifs is 1. The minimum absolute atomic E-state index is 0.00958. The van der Waals surface area contributed by atoms with Gasteiger partial charge >= 0.3 is 0 Å². The number of amides is 1. The lowest BCUT2D eigenvalue weighted by Gasteiger charge is -2.10. The summed E-state index contributed by atoms with van der Waals surface area (Å²) in [6.45, 7) is -0.146. The topological polar surface area (TPSA) is 88.4 Å².